The number of rotatable bonds is 6. The number of imidazole rings is 1. The number of hydrogen-bond donors (Lipinski definition) is 0. The first kappa shape index (κ1) is 25.6. The monoisotopic (exact) mass is 518 g/mol. The van der Waals surface area contributed by atoms with Crippen LogP contribution in [-0.2, 0) is 16.9 Å². The largest absolute Gasteiger partial charge is 0.340 e. The molecule has 1 aromatic heterocycles. The van der Waals surface area contributed by atoms with Gasteiger partial charge in [0, 0.05) is 44.8 Å². The maximum atomic E-state index is 12.3. The normalized spacial score (nSPS) is 17.8. The Balaban J connectivity index is 1.42. The number of carbonyl (C=O) groups excluding carboxylic acids is 1. The molecular formula is C34H38N4O. The molecule has 5 nitrogen and oxygen atoms in total. The van der Waals surface area contributed by atoms with Crippen LogP contribution >= 0.6 is 0 Å². The van der Waals surface area contributed by atoms with Gasteiger partial charge in [0.25, 0.3) is 0 Å². The number of amides is 1. The van der Waals surface area contributed by atoms with Crippen LogP contribution in [0.15, 0.2) is 104 Å². The second-order valence-electron chi connectivity index (χ2n) is 11.2. The smallest absolute Gasteiger partial charge is 0.219 e. The van der Waals surface area contributed by atoms with Crippen LogP contribution in [0.3, 0.4) is 0 Å². The third kappa shape index (κ3) is 4.70. The molecule has 3 aromatic carbocycles. The molecule has 1 spiro atoms. The third-order valence-electron chi connectivity index (χ3n) is 8.98. The number of hydrogen-bond acceptors (Lipinski definition) is 3. The molecule has 6 rings (SSSR count). The Bertz CT molecular complexity index is 1280. The van der Waals surface area contributed by atoms with E-state index < -0.39 is 5.54 Å². The third-order valence-corrected chi connectivity index (χ3v) is 8.98. The van der Waals surface area contributed by atoms with Gasteiger partial charge < -0.3 is 9.47 Å². The van der Waals surface area contributed by atoms with Gasteiger partial charge in [0.15, 0.2) is 0 Å². The molecule has 2 aliphatic rings. The van der Waals surface area contributed by atoms with Crippen molar-refractivity contribution in [3.63, 3.8) is 0 Å². The number of carbonyl (C=O) groups is 1. The minimum atomic E-state index is -0.551. The minimum absolute atomic E-state index is 0.0569. The van der Waals surface area contributed by atoms with Gasteiger partial charge in [-0.15, -0.1) is 0 Å². The molecular weight excluding hydrogens is 480 g/mol. The Labute approximate surface area is 232 Å². The van der Waals surface area contributed by atoms with Crippen molar-refractivity contribution >= 4 is 5.91 Å². The summed E-state index contributed by atoms with van der Waals surface area (Å²) in [4.78, 5) is 22.0. The molecule has 0 radical (unpaired) electrons. The molecule has 4 aromatic rings. The maximum Gasteiger partial charge on any atom is 0.219 e. The topological polar surface area (TPSA) is 41.4 Å². The molecule has 2 heterocycles. The average molecular weight is 519 g/mol. The van der Waals surface area contributed by atoms with Crippen LogP contribution in [0, 0.1) is 0 Å². The van der Waals surface area contributed by atoms with Crippen LogP contribution < -0.4 is 0 Å². The fourth-order valence-corrected chi connectivity index (χ4v) is 7.02. The van der Waals surface area contributed by atoms with Crippen LogP contribution in [0.4, 0.5) is 0 Å². The van der Waals surface area contributed by atoms with Gasteiger partial charge in [0.1, 0.15) is 5.54 Å². The zero-order valence-corrected chi connectivity index (χ0v) is 22.9. The van der Waals surface area contributed by atoms with E-state index in [1.165, 1.54) is 36.0 Å². The SMILES string of the molecule is CC(=O)N1CCN(Cc2cn(C(c3ccccc3)(c3ccccc3)c3ccccc3)cn2)C2(CCCCC2)C1. The van der Waals surface area contributed by atoms with E-state index in [1.807, 2.05) is 6.33 Å². The number of benzene rings is 3. The van der Waals surface area contributed by atoms with Crippen molar-refractivity contribution in [3.05, 3.63) is 126 Å². The molecule has 39 heavy (non-hydrogen) atoms. The molecule has 1 saturated carbocycles. The fourth-order valence-electron chi connectivity index (χ4n) is 7.02. The highest BCUT2D eigenvalue weighted by Crippen LogP contribution is 2.41. The summed E-state index contributed by atoms with van der Waals surface area (Å²) in [6.07, 6.45) is 10.3. The van der Waals surface area contributed by atoms with Crippen molar-refractivity contribution in [2.24, 2.45) is 0 Å². The van der Waals surface area contributed by atoms with Crippen molar-refractivity contribution < 1.29 is 4.79 Å². The van der Waals surface area contributed by atoms with Crippen molar-refractivity contribution in [2.75, 3.05) is 19.6 Å². The molecule has 0 unspecified atom stereocenters. The van der Waals surface area contributed by atoms with E-state index in [0.29, 0.717) is 0 Å². The van der Waals surface area contributed by atoms with Crippen LogP contribution in [0.2, 0.25) is 0 Å². The lowest BCUT2D eigenvalue weighted by Gasteiger charge is -2.52. The first-order chi connectivity index (χ1) is 19.1. The second kappa shape index (κ2) is 10.8. The molecule has 1 saturated heterocycles. The number of piperazine rings is 1. The predicted molar refractivity (Wildman–Crippen MR) is 155 cm³/mol. The van der Waals surface area contributed by atoms with Crippen LogP contribution in [-0.4, -0.2) is 50.4 Å². The van der Waals surface area contributed by atoms with Gasteiger partial charge in [-0.3, -0.25) is 9.69 Å². The lowest BCUT2D eigenvalue weighted by molar-refractivity contribution is -0.136. The highest BCUT2D eigenvalue weighted by Gasteiger charge is 2.44. The molecule has 0 N–H and O–H groups in total. The standard InChI is InChI=1S/C34H38N4O/c1-28(39)36-22-23-37(33(26-36)20-12-5-13-21-33)24-32-25-38(27-35-32)34(29-14-6-2-7-15-29,30-16-8-3-9-17-30)31-18-10-4-11-19-31/h2-4,6-11,14-19,25,27H,5,12-13,20-24,26H2,1H3. The van der Waals surface area contributed by atoms with Crippen molar-refractivity contribution in [2.45, 2.75) is 56.7 Å². The molecule has 0 bridgehead atoms. The van der Waals surface area contributed by atoms with Crippen molar-refractivity contribution in [1.29, 1.82) is 0 Å². The summed E-state index contributed by atoms with van der Waals surface area (Å²) < 4.78 is 2.31. The maximum absolute atomic E-state index is 12.3. The van der Waals surface area contributed by atoms with Gasteiger partial charge in [0.05, 0.1) is 12.0 Å². The van der Waals surface area contributed by atoms with Crippen molar-refractivity contribution in [1.82, 2.24) is 19.4 Å². The Kier molecular flexibility index (Phi) is 7.09. The zero-order valence-electron chi connectivity index (χ0n) is 22.9. The summed E-state index contributed by atoms with van der Waals surface area (Å²) in [6, 6.07) is 32.3. The summed E-state index contributed by atoms with van der Waals surface area (Å²) in [5.41, 5.74) is 4.18. The highest BCUT2D eigenvalue weighted by atomic mass is 16.2. The van der Waals surface area contributed by atoms with E-state index in [4.69, 9.17) is 4.98 Å². The quantitative estimate of drug-likeness (QED) is 0.290. The lowest BCUT2D eigenvalue weighted by atomic mass is 9.76. The van der Waals surface area contributed by atoms with Crippen LogP contribution in [0.25, 0.3) is 0 Å². The van der Waals surface area contributed by atoms with Gasteiger partial charge in [-0.1, -0.05) is 110 Å². The highest BCUT2D eigenvalue weighted by molar-refractivity contribution is 5.73. The summed E-state index contributed by atoms with van der Waals surface area (Å²) in [6.45, 7) is 5.04. The van der Waals surface area contributed by atoms with E-state index in [-0.39, 0.29) is 11.4 Å². The Morgan fingerprint density at radius 2 is 1.33 bits per heavy atom. The van der Waals surface area contributed by atoms with E-state index in [9.17, 15) is 4.79 Å². The Hall–Kier alpha value is -3.70. The fraction of sp³-hybridized carbons (Fsp3) is 0.353. The van der Waals surface area contributed by atoms with Crippen LogP contribution in [0.1, 0.15) is 61.4 Å². The molecule has 1 amide bonds. The van der Waals surface area contributed by atoms with E-state index in [1.54, 1.807) is 6.92 Å². The second-order valence-corrected chi connectivity index (χ2v) is 11.2. The van der Waals surface area contributed by atoms with E-state index >= 15 is 0 Å². The Morgan fingerprint density at radius 1 is 0.795 bits per heavy atom. The summed E-state index contributed by atoms with van der Waals surface area (Å²) in [5.74, 6) is 0.197. The van der Waals surface area contributed by atoms with Gasteiger partial charge in [-0.2, -0.15) is 0 Å². The van der Waals surface area contributed by atoms with Gasteiger partial charge >= 0.3 is 0 Å². The molecule has 1 aliphatic carbocycles. The Morgan fingerprint density at radius 3 is 1.85 bits per heavy atom. The predicted octanol–water partition coefficient (Wildman–Crippen LogP) is 6.09. The molecule has 1 aliphatic heterocycles. The summed E-state index contributed by atoms with van der Waals surface area (Å²) >= 11 is 0. The molecule has 5 heteroatoms. The first-order valence-electron chi connectivity index (χ1n) is 14.3. The van der Waals surface area contributed by atoms with Gasteiger partial charge in [-0.25, -0.2) is 4.98 Å². The van der Waals surface area contributed by atoms with Crippen molar-refractivity contribution in [3.8, 4) is 0 Å². The average Bonchev–Trinajstić information content (AvgIpc) is 3.45. The van der Waals surface area contributed by atoms with Gasteiger partial charge in [-0.05, 0) is 29.5 Å². The van der Waals surface area contributed by atoms with E-state index in [0.717, 1.165) is 44.7 Å². The molecule has 2 fully saturated rings. The molecule has 200 valence electrons. The minimum Gasteiger partial charge on any atom is -0.340 e. The zero-order chi connectivity index (χ0) is 26.7. The summed E-state index contributed by atoms with van der Waals surface area (Å²) in [7, 11) is 0. The van der Waals surface area contributed by atoms with Gasteiger partial charge in [0.2, 0.25) is 5.91 Å². The lowest BCUT2D eigenvalue weighted by Crippen LogP contribution is -2.63. The summed E-state index contributed by atoms with van der Waals surface area (Å²) in [5, 5.41) is 0. The van der Waals surface area contributed by atoms with Crippen LogP contribution in [0.5, 0.6) is 0 Å². The first-order valence-corrected chi connectivity index (χ1v) is 14.3. The number of nitrogens with zero attached hydrogens (tertiary/aromatic N) is 4. The van der Waals surface area contributed by atoms with E-state index in [2.05, 4.69) is 112 Å². The molecule has 0 atom stereocenters. The number of aromatic nitrogens is 2.